The van der Waals surface area contributed by atoms with E-state index in [4.69, 9.17) is 30.5 Å². The Hall–Kier alpha value is -2.22. The Morgan fingerprint density at radius 1 is 1.18 bits per heavy atom. The third-order valence-electron chi connectivity index (χ3n) is 6.65. The number of rotatable bonds is 11. The van der Waals surface area contributed by atoms with Gasteiger partial charge >= 0.3 is 5.97 Å². The van der Waals surface area contributed by atoms with E-state index in [2.05, 4.69) is 6.58 Å². The lowest BCUT2D eigenvalue weighted by molar-refractivity contribution is -0.249. The summed E-state index contributed by atoms with van der Waals surface area (Å²) < 4.78 is 23.3. The van der Waals surface area contributed by atoms with Crippen molar-refractivity contribution in [3.63, 3.8) is 0 Å². The molecule has 5 atom stereocenters. The predicted octanol–water partition coefficient (Wildman–Crippen LogP) is 4.60. The first-order valence-electron chi connectivity index (χ1n) is 11.3. The number of carbonyl (C=O) groups is 1. The maximum absolute atomic E-state index is 13.0. The summed E-state index contributed by atoms with van der Waals surface area (Å²) in [5, 5.41) is 11.2. The van der Waals surface area contributed by atoms with Gasteiger partial charge in [0.15, 0.2) is 0 Å². The summed E-state index contributed by atoms with van der Waals surface area (Å²) in [6, 6.07) is 18.6. The molecular formula is C27H33ClO6. The lowest BCUT2D eigenvalue weighted by Gasteiger charge is -2.56. The van der Waals surface area contributed by atoms with Gasteiger partial charge in [-0.3, -0.25) is 0 Å². The van der Waals surface area contributed by atoms with Crippen molar-refractivity contribution in [1.82, 2.24) is 0 Å². The number of benzene rings is 2. The monoisotopic (exact) mass is 488 g/mol. The van der Waals surface area contributed by atoms with E-state index < -0.39 is 35.1 Å². The Kier molecular flexibility index (Phi) is 9.28. The fourth-order valence-corrected chi connectivity index (χ4v) is 5.19. The van der Waals surface area contributed by atoms with Gasteiger partial charge in [0.05, 0.1) is 30.8 Å². The average Bonchev–Trinajstić information content (AvgIpc) is 2.86. The van der Waals surface area contributed by atoms with Crippen LogP contribution in [0.25, 0.3) is 0 Å². The molecule has 0 saturated heterocycles. The summed E-state index contributed by atoms with van der Waals surface area (Å²) in [5.74, 6) is -0.964. The summed E-state index contributed by atoms with van der Waals surface area (Å²) in [5.41, 5.74) is -0.512. The molecule has 1 saturated carbocycles. The molecule has 1 aliphatic carbocycles. The van der Waals surface area contributed by atoms with Gasteiger partial charge in [0, 0.05) is 24.9 Å². The number of hydrogen-bond acceptors (Lipinski definition) is 6. The molecule has 2 aromatic carbocycles. The molecule has 0 radical (unpaired) electrons. The third kappa shape index (κ3) is 5.53. The Balaban J connectivity index is 1.91. The molecule has 0 unspecified atom stereocenters. The van der Waals surface area contributed by atoms with Crippen molar-refractivity contribution < 1.29 is 28.8 Å². The lowest BCUT2D eigenvalue weighted by Crippen LogP contribution is -2.66. The van der Waals surface area contributed by atoms with Crippen LogP contribution < -0.4 is 0 Å². The van der Waals surface area contributed by atoms with Gasteiger partial charge in [-0.15, -0.1) is 18.2 Å². The Labute approximate surface area is 206 Å². The smallest absolute Gasteiger partial charge is 0.338 e. The summed E-state index contributed by atoms with van der Waals surface area (Å²) in [7, 11) is 1.51. The molecule has 0 spiro atoms. The normalized spacial score (nSPS) is 28.9. The second-order valence-corrected chi connectivity index (χ2v) is 9.12. The lowest BCUT2D eigenvalue weighted by atomic mass is 9.58. The fourth-order valence-electron chi connectivity index (χ4n) is 4.77. The van der Waals surface area contributed by atoms with Crippen LogP contribution in [0.5, 0.6) is 0 Å². The summed E-state index contributed by atoms with van der Waals surface area (Å²) in [6.07, 6.45) is 0.149. The number of carbonyl (C=O) groups excluding carboxylic acids is 1. The minimum atomic E-state index is -1.18. The average molecular weight is 489 g/mol. The standard InChI is InChI=1S/C27H33ClO6/c1-4-22-26(2,18-32-16-20-11-7-5-8-12-20)24(34-25(30)21-13-9-6-10-14-21)15-23(29)27(22,17-28)33-19-31-3/h4-14,22-24,29H,1,15-19H2,2-3H3/t22-,23+,24-,26-,27+/m0/s1. The first kappa shape index (κ1) is 26.4. The molecule has 34 heavy (non-hydrogen) atoms. The maximum atomic E-state index is 13.0. The first-order valence-corrected chi connectivity index (χ1v) is 11.8. The van der Waals surface area contributed by atoms with Gasteiger partial charge in [0.1, 0.15) is 18.5 Å². The fraction of sp³-hybridized carbons (Fsp3) is 0.444. The number of aliphatic hydroxyl groups is 1. The van der Waals surface area contributed by atoms with E-state index in [0.717, 1.165) is 5.56 Å². The van der Waals surface area contributed by atoms with Crippen molar-refractivity contribution in [2.24, 2.45) is 11.3 Å². The molecule has 0 heterocycles. The number of methoxy groups -OCH3 is 1. The van der Waals surface area contributed by atoms with E-state index in [-0.39, 0.29) is 25.7 Å². The van der Waals surface area contributed by atoms with Gasteiger partial charge in [0.25, 0.3) is 0 Å². The van der Waals surface area contributed by atoms with Crippen LogP contribution in [0.15, 0.2) is 73.3 Å². The van der Waals surface area contributed by atoms with Crippen LogP contribution in [0, 0.1) is 11.3 Å². The molecular weight excluding hydrogens is 456 g/mol. The van der Waals surface area contributed by atoms with E-state index in [1.807, 2.05) is 43.3 Å². The zero-order valence-electron chi connectivity index (χ0n) is 19.7. The highest BCUT2D eigenvalue weighted by Crippen LogP contribution is 2.51. The second-order valence-electron chi connectivity index (χ2n) is 8.85. The quantitative estimate of drug-likeness (QED) is 0.216. The van der Waals surface area contributed by atoms with E-state index in [0.29, 0.717) is 12.2 Å². The second kappa shape index (κ2) is 12.0. The zero-order chi connectivity index (χ0) is 24.6. The molecule has 1 N–H and O–H groups in total. The third-order valence-corrected chi connectivity index (χ3v) is 7.07. The number of alkyl halides is 1. The van der Waals surface area contributed by atoms with E-state index in [1.54, 1.807) is 30.3 Å². The van der Waals surface area contributed by atoms with Crippen molar-refractivity contribution in [3.8, 4) is 0 Å². The SMILES string of the molecule is C=C[C@H]1[C@](C)(COCc2ccccc2)[C@@H](OC(=O)c2ccccc2)C[C@@H](O)[C@]1(CCl)OCOC. The molecule has 184 valence electrons. The number of hydrogen-bond donors (Lipinski definition) is 1. The number of esters is 1. The first-order chi connectivity index (χ1) is 16.4. The highest BCUT2D eigenvalue weighted by molar-refractivity contribution is 6.18. The predicted molar refractivity (Wildman–Crippen MR) is 131 cm³/mol. The van der Waals surface area contributed by atoms with Crippen molar-refractivity contribution >= 4 is 17.6 Å². The summed E-state index contributed by atoms with van der Waals surface area (Å²) >= 11 is 6.41. The van der Waals surface area contributed by atoms with Crippen molar-refractivity contribution in [2.45, 2.75) is 37.8 Å². The van der Waals surface area contributed by atoms with Crippen LogP contribution in [-0.4, -0.2) is 55.3 Å². The van der Waals surface area contributed by atoms with Gasteiger partial charge in [-0.2, -0.15) is 0 Å². The molecule has 1 aliphatic rings. The maximum Gasteiger partial charge on any atom is 0.338 e. The van der Waals surface area contributed by atoms with Crippen LogP contribution in [-0.2, 0) is 25.6 Å². The van der Waals surface area contributed by atoms with Gasteiger partial charge in [0.2, 0.25) is 0 Å². The molecule has 6 nitrogen and oxygen atoms in total. The highest BCUT2D eigenvalue weighted by Gasteiger charge is 2.61. The van der Waals surface area contributed by atoms with Crippen LogP contribution in [0.3, 0.4) is 0 Å². The molecule has 1 fully saturated rings. The van der Waals surface area contributed by atoms with E-state index >= 15 is 0 Å². The van der Waals surface area contributed by atoms with E-state index in [9.17, 15) is 9.90 Å². The van der Waals surface area contributed by atoms with Gasteiger partial charge in [-0.1, -0.05) is 61.5 Å². The van der Waals surface area contributed by atoms with Crippen molar-refractivity contribution in [2.75, 3.05) is 26.4 Å². The van der Waals surface area contributed by atoms with Crippen LogP contribution in [0.4, 0.5) is 0 Å². The topological polar surface area (TPSA) is 74.2 Å². The minimum absolute atomic E-state index is 0.00183. The molecule has 7 heteroatoms. The van der Waals surface area contributed by atoms with Gasteiger partial charge < -0.3 is 24.1 Å². The Morgan fingerprint density at radius 2 is 1.82 bits per heavy atom. The van der Waals surface area contributed by atoms with Gasteiger partial charge in [-0.05, 0) is 17.7 Å². The molecule has 0 aliphatic heterocycles. The minimum Gasteiger partial charge on any atom is -0.458 e. The number of aliphatic hydroxyl groups excluding tert-OH is 1. The number of ether oxygens (including phenoxy) is 4. The zero-order valence-corrected chi connectivity index (χ0v) is 20.4. The molecule has 3 rings (SSSR count). The van der Waals surface area contributed by atoms with Crippen molar-refractivity contribution in [3.05, 3.63) is 84.4 Å². The largest absolute Gasteiger partial charge is 0.458 e. The van der Waals surface area contributed by atoms with Crippen LogP contribution in [0.2, 0.25) is 0 Å². The molecule has 2 aromatic rings. The molecule has 0 bridgehead atoms. The summed E-state index contributed by atoms with van der Waals surface area (Å²) in [4.78, 5) is 13.0. The Bertz CT molecular complexity index is 923. The Morgan fingerprint density at radius 3 is 2.41 bits per heavy atom. The highest BCUT2D eigenvalue weighted by atomic mass is 35.5. The van der Waals surface area contributed by atoms with Crippen LogP contribution >= 0.6 is 11.6 Å². The van der Waals surface area contributed by atoms with Crippen LogP contribution in [0.1, 0.15) is 29.3 Å². The van der Waals surface area contributed by atoms with Gasteiger partial charge in [-0.25, -0.2) is 4.79 Å². The molecule has 0 amide bonds. The number of halogens is 1. The molecule has 0 aromatic heterocycles. The summed E-state index contributed by atoms with van der Waals surface area (Å²) in [6.45, 7) is 6.53. The van der Waals surface area contributed by atoms with Crippen molar-refractivity contribution in [1.29, 1.82) is 0 Å². The van der Waals surface area contributed by atoms with E-state index in [1.165, 1.54) is 7.11 Å².